The van der Waals surface area contributed by atoms with Crippen LogP contribution in [-0.4, -0.2) is 50.2 Å². The lowest BCUT2D eigenvalue weighted by Gasteiger charge is -1.95. The molecule has 2 heterocycles. The van der Waals surface area contributed by atoms with Crippen LogP contribution in [0, 0.1) is 0 Å². The van der Waals surface area contributed by atoms with E-state index >= 15 is 0 Å². The Morgan fingerprint density at radius 2 is 1.29 bits per heavy atom. The minimum atomic E-state index is -0.121. The molecule has 1 aliphatic carbocycles. The smallest absolute Gasteiger partial charge is 0.178 e. The van der Waals surface area contributed by atoms with Gasteiger partial charge in [0.1, 0.15) is 12.2 Å². The minimum absolute atomic E-state index is 0.121. The van der Waals surface area contributed by atoms with Crippen LogP contribution in [-0.2, 0) is 23.8 Å². The zero-order valence-electron chi connectivity index (χ0n) is 9.33. The van der Waals surface area contributed by atoms with Crippen LogP contribution in [0.15, 0.2) is 24.3 Å². The zero-order valence-corrected chi connectivity index (χ0v) is 9.33. The van der Waals surface area contributed by atoms with Crippen molar-refractivity contribution in [3.05, 3.63) is 24.3 Å². The van der Waals surface area contributed by atoms with Crippen molar-refractivity contribution < 1.29 is 23.8 Å². The second-order valence-electron chi connectivity index (χ2n) is 3.92. The first kappa shape index (κ1) is 12.2. The van der Waals surface area contributed by atoms with Gasteiger partial charge >= 0.3 is 0 Å². The Morgan fingerprint density at radius 1 is 0.941 bits per heavy atom. The fourth-order valence-corrected chi connectivity index (χ4v) is 1.10. The molecule has 0 radical (unpaired) electrons. The number of ketones is 2. The first-order valence-corrected chi connectivity index (χ1v) is 5.49. The van der Waals surface area contributed by atoms with Gasteiger partial charge in [-0.05, 0) is 24.3 Å². The first-order chi connectivity index (χ1) is 8.24. The molecule has 2 unspecified atom stereocenters. The third kappa shape index (κ3) is 5.53. The number of allylic oxidation sites excluding steroid dienone is 4. The number of epoxide rings is 2. The molecule has 0 aromatic rings. The van der Waals surface area contributed by atoms with Gasteiger partial charge in [0.05, 0.1) is 26.4 Å². The molecule has 5 heteroatoms. The summed E-state index contributed by atoms with van der Waals surface area (Å²) in [6, 6.07) is 0. The van der Waals surface area contributed by atoms with E-state index in [2.05, 4.69) is 0 Å². The van der Waals surface area contributed by atoms with Gasteiger partial charge in [-0.1, -0.05) is 0 Å². The molecule has 2 fully saturated rings. The van der Waals surface area contributed by atoms with Crippen LogP contribution < -0.4 is 0 Å². The number of hydrogen-bond acceptors (Lipinski definition) is 5. The van der Waals surface area contributed by atoms with E-state index in [1.165, 1.54) is 24.3 Å². The molecule has 3 rings (SSSR count). The summed E-state index contributed by atoms with van der Waals surface area (Å²) < 4.78 is 15.1. The van der Waals surface area contributed by atoms with Gasteiger partial charge in [-0.2, -0.15) is 0 Å². The Labute approximate surface area is 99.0 Å². The van der Waals surface area contributed by atoms with Crippen molar-refractivity contribution in [1.82, 2.24) is 0 Å². The van der Waals surface area contributed by atoms with Crippen LogP contribution in [0.25, 0.3) is 0 Å². The summed E-state index contributed by atoms with van der Waals surface area (Å²) in [5.74, 6) is -0.241. The summed E-state index contributed by atoms with van der Waals surface area (Å²) in [6.45, 7) is 3.26. The van der Waals surface area contributed by atoms with Crippen molar-refractivity contribution in [3.63, 3.8) is 0 Å². The molecule has 0 bridgehead atoms. The van der Waals surface area contributed by atoms with Crippen molar-refractivity contribution in [1.29, 1.82) is 0 Å². The maximum absolute atomic E-state index is 10.3. The Morgan fingerprint density at radius 3 is 1.59 bits per heavy atom. The fourth-order valence-electron chi connectivity index (χ4n) is 1.10. The van der Waals surface area contributed by atoms with E-state index in [1.54, 1.807) is 0 Å². The van der Waals surface area contributed by atoms with Gasteiger partial charge in [-0.25, -0.2) is 0 Å². The van der Waals surface area contributed by atoms with Gasteiger partial charge in [0.2, 0.25) is 0 Å². The number of carbonyl (C=O) groups is 2. The third-order valence-electron chi connectivity index (χ3n) is 2.24. The topological polar surface area (TPSA) is 68.4 Å². The fraction of sp³-hybridized carbons (Fsp3) is 0.500. The molecule has 2 atom stereocenters. The van der Waals surface area contributed by atoms with Crippen LogP contribution >= 0.6 is 0 Å². The average Bonchev–Trinajstić information content (AvgIpc) is 3.16. The van der Waals surface area contributed by atoms with E-state index < -0.39 is 0 Å². The second kappa shape index (κ2) is 5.86. The molecule has 0 amide bonds. The molecule has 0 aromatic heterocycles. The predicted molar refractivity (Wildman–Crippen MR) is 58.6 cm³/mol. The van der Waals surface area contributed by atoms with E-state index in [-0.39, 0.29) is 11.6 Å². The molecule has 92 valence electrons. The van der Waals surface area contributed by atoms with Crippen LogP contribution in [0.2, 0.25) is 0 Å². The lowest BCUT2D eigenvalue weighted by atomic mass is 10.2. The maximum atomic E-state index is 10.3. The molecule has 0 spiro atoms. The predicted octanol–water partition coefficient (Wildman–Crippen LogP) is 0.0512. The molecule has 3 aliphatic rings. The largest absolute Gasteiger partial charge is 0.376 e. The van der Waals surface area contributed by atoms with Crippen LogP contribution in [0.5, 0.6) is 0 Å². The van der Waals surface area contributed by atoms with Crippen molar-refractivity contribution in [2.24, 2.45) is 0 Å². The van der Waals surface area contributed by atoms with Gasteiger partial charge in [-0.15, -0.1) is 0 Å². The summed E-state index contributed by atoms with van der Waals surface area (Å²) in [7, 11) is 0. The quantitative estimate of drug-likeness (QED) is 0.511. The monoisotopic (exact) mass is 238 g/mol. The van der Waals surface area contributed by atoms with E-state index in [9.17, 15) is 9.59 Å². The highest BCUT2D eigenvalue weighted by molar-refractivity contribution is 6.14. The minimum Gasteiger partial charge on any atom is -0.376 e. The molecule has 0 aromatic carbocycles. The molecular weight excluding hydrogens is 224 g/mol. The molecular formula is C12H14O5. The highest BCUT2D eigenvalue weighted by Crippen LogP contribution is 2.12. The lowest BCUT2D eigenvalue weighted by Crippen LogP contribution is -2.06. The Bertz CT molecular complexity index is 300. The van der Waals surface area contributed by atoms with Crippen molar-refractivity contribution in [2.75, 3.05) is 26.4 Å². The molecule has 2 saturated heterocycles. The Hall–Kier alpha value is -1.30. The summed E-state index contributed by atoms with van der Waals surface area (Å²) in [4.78, 5) is 20.6. The average molecular weight is 238 g/mol. The summed E-state index contributed by atoms with van der Waals surface area (Å²) >= 11 is 0. The zero-order chi connectivity index (χ0) is 12.1. The number of hydrogen-bond donors (Lipinski definition) is 0. The van der Waals surface area contributed by atoms with Gasteiger partial charge in [0.25, 0.3) is 0 Å². The molecule has 17 heavy (non-hydrogen) atoms. The second-order valence-corrected chi connectivity index (χ2v) is 3.92. The normalized spacial score (nSPS) is 28.7. The van der Waals surface area contributed by atoms with Gasteiger partial charge in [0.15, 0.2) is 11.6 Å². The molecule has 2 aliphatic heterocycles. The Kier molecular flexibility index (Phi) is 4.19. The van der Waals surface area contributed by atoms with Crippen LogP contribution in [0.4, 0.5) is 0 Å². The molecule has 0 N–H and O–H groups in total. The van der Waals surface area contributed by atoms with Gasteiger partial charge in [0, 0.05) is 0 Å². The number of carbonyl (C=O) groups excluding carboxylic acids is 2. The highest BCUT2D eigenvalue weighted by atomic mass is 16.6. The Balaban J connectivity index is 0.000000128. The van der Waals surface area contributed by atoms with Crippen molar-refractivity contribution >= 4 is 11.6 Å². The molecule has 5 nitrogen and oxygen atoms in total. The number of rotatable bonds is 4. The summed E-state index contributed by atoms with van der Waals surface area (Å²) in [6.07, 6.45) is 5.79. The first-order valence-electron chi connectivity index (χ1n) is 5.49. The standard InChI is InChI=1S/C6H10O3.C6H4O2/c1(5-3-8-5)7-2-6-4-9-6;7-5-1-2-6(8)4-3-5/h5-6H,1-4H2;1-4H. The summed E-state index contributed by atoms with van der Waals surface area (Å²) in [5, 5.41) is 0. The van der Waals surface area contributed by atoms with Crippen LogP contribution in [0.3, 0.4) is 0 Å². The maximum Gasteiger partial charge on any atom is 0.178 e. The van der Waals surface area contributed by atoms with E-state index in [1.807, 2.05) is 0 Å². The molecule has 0 saturated carbocycles. The highest BCUT2D eigenvalue weighted by Gasteiger charge is 2.26. The number of ether oxygens (including phenoxy) is 3. The van der Waals surface area contributed by atoms with Crippen molar-refractivity contribution in [2.45, 2.75) is 12.2 Å². The van der Waals surface area contributed by atoms with E-state index in [0.29, 0.717) is 12.2 Å². The SMILES string of the molecule is C(OCC1CO1)C1CO1.O=C1C=CC(=O)C=C1. The van der Waals surface area contributed by atoms with E-state index in [0.717, 1.165) is 26.4 Å². The van der Waals surface area contributed by atoms with Crippen molar-refractivity contribution in [3.8, 4) is 0 Å². The van der Waals surface area contributed by atoms with E-state index in [4.69, 9.17) is 14.2 Å². The van der Waals surface area contributed by atoms with Gasteiger partial charge < -0.3 is 14.2 Å². The van der Waals surface area contributed by atoms with Crippen LogP contribution in [0.1, 0.15) is 0 Å². The lowest BCUT2D eigenvalue weighted by molar-refractivity contribution is -0.113. The summed E-state index contributed by atoms with van der Waals surface area (Å²) in [5.41, 5.74) is 0. The van der Waals surface area contributed by atoms with Gasteiger partial charge in [-0.3, -0.25) is 9.59 Å². The third-order valence-corrected chi connectivity index (χ3v) is 2.24.